The average Bonchev–Trinajstić information content (AvgIpc) is 3.37. The summed E-state index contributed by atoms with van der Waals surface area (Å²) in [6, 6.07) is 16.8. The Hall–Kier alpha value is -5.43. The lowest BCUT2D eigenvalue weighted by atomic mass is 10.00. The van der Waals surface area contributed by atoms with Crippen LogP contribution in [0.15, 0.2) is 70.6 Å². The van der Waals surface area contributed by atoms with Crippen molar-refractivity contribution in [2.24, 2.45) is 10.9 Å². The molecular weight excluding hydrogens is 558 g/mol. The van der Waals surface area contributed by atoms with Crippen molar-refractivity contribution in [3.05, 3.63) is 98.2 Å². The molecule has 2 aromatic carbocycles. The van der Waals surface area contributed by atoms with Crippen LogP contribution in [0.2, 0.25) is 0 Å². The lowest BCUT2D eigenvalue weighted by molar-refractivity contribution is -0.159. The molecule has 0 bridgehead atoms. The van der Waals surface area contributed by atoms with Gasteiger partial charge in [-0.3, -0.25) is 9.59 Å². The summed E-state index contributed by atoms with van der Waals surface area (Å²) in [4.78, 5) is 65.8. The van der Waals surface area contributed by atoms with Gasteiger partial charge in [0.2, 0.25) is 12.0 Å². The molecule has 0 fully saturated rings. The van der Waals surface area contributed by atoms with Gasteiger partial charge in [0.25, 0.3) is 5.56 Å². The first-order valence-corrected chi connectivity index (χ1v) is 13.4. The van der Waals surface area contributed by atoms with Crippen LogP contribution in [0.4, 0.5) is 10.5 Å². The van der Waals surface area contributed by atoms with E-state index in [1.165, 1.54) is 0 Å². The number of nitrogens with one attached hydrogen (secondary N) is 1. The fourth-order valence-electron chi connectivity index (χ4n) is 5.08. The summed E-state index contributed by atoms with van der Waals surface area (Å²) >= 11 is 0. The minimum atomic E-state index is -1.49. The molecule has 2 unspecified atom stereocenters. The molecule has 0 saturated heterocycles. The van der Waals surface area contributed by atoms with E-state index < -0.39 is 30.2 Å². The number of anilines is 1. The number of hydrogen-bond donors (Lipinski definition) is 2. The summed E-state index contributed by atoms with van der Waals surface area (Å²) in [5.74, 6) is -1.28. The van der Waals surface area contributed by atoms with E-state index in [4.69, 9.17) is 24.9 Å². The number of amides is 1. The Morgan fingerprint density at radius 2 is 1.93 bits per heavy atom. The maximum absolute atomic E-state index is 13.4. The van der Waals surface area contributed by atoms with Crippen molar-refractivity contribution in [2.45, 2.75) is 38.3 Å². The first kappa shape index (κ1) is 27.7. The lowest BCUT2D eigenvalue weighted by Crippen LogP contribution is -2.36. The number of ether oxygens (including phenoxy) is 3. The highest BCUT2D eigenvalue weighted by Crippen LogP contribution is 2.36. The number of esters is 1. The molecule has 218 valence electrons. The molecule has 0 aliphatic carbocycles. The second kappa shape index (κ2) is 11.4. The van der Waals surface area contributed by atoms with Crippen LogP contribution in [0.3, 0.4) is 0 Å². The molecule has 13 heteroatoms. The van der Waals surface area contributed by atoms with E-state index in [-0.39, 0.29) is 42.9 Å². The van der Waals surface area contributed by atoms with Gasteiger partial charge in [-0.15, -0.1) is 0 Å². The van der Waals surface area contributed by atoms with Crippen molar-refractivity contribution in [1.82, 2.24) is 9.55 Å². The molecule has 0 saturated carbocycles. The first-order valence-electron chi connectivity index (χ1n) is 13.4. The molecule has 0 radical (unpaired) electrons. The van der Waals surface area contributed by atoms with E-state index >= 15 is 0 Å². The van der Waals surface area contributed by atoms with Crippen molar-refractivity contribution in [1.29, 1.82) is 0 Å². The van der Waals surface area contributed by atoms with Gasteiger partial charge in [0.1, 0.15) is 13.2 Å². The van der Waals surface area contributed by atoms with Crippen LogP contribution in [0.5, 0.6) is 0 Å². The van der Waals surface area contributed by atoms with E-state index in [2.05, 4.69) is 10.5 Å². The Morgan fingerprint density at radius 1 is 1.14 bits per heavy atom. The summed E-state index contributed by atoms with van der Waals surface area (Å²) in [5, 5.41) is 6.26. The van der Waals surface area contributed by atoms with Crippen LogP contribution in [0, 0.1) is 4.91 Å². The zero-order valence-electron chi connectivity index (χ0n) is 22.6. The van der Waals surface area contributed by atoms with E-state index in [0.29, 0.717) is 29.2 Å². The van der Waals surface area contributed by atoms with Crippen LogP contribution in [-0.2, 0) is 43.6 Å². The number of carbonyl (C=O) groups excluding carboxylic acids is 3. The van der Waals surface area contributed by atoms with E-state index in [9.17, 15) is 24.1 Å². The zero-order valence-corrected chi connectivity index (χ0v) is 22.6. The first-order chi connectivity index (χ1) is 20.8. The SMILES string of the molecule is NC(CCN=O)C(=O)Nc1ccc(COC(=O)OC2C(=O)OCc3c2cc2n(c3=O)Cc3cc4ccccc4nc3-2)cc1. The second-order valence-electron chi connectivity index (χ2n) is 10.1. The van der Waals surface area contributed by atoms with Gasteiger partial charge in [0, 0.05) is 22.2 Å². The minimum Gasteiger partial charge on any atom is -0.458 e. The third kappa shape index (κ3) is 5.45. The van der Waals surface area contributed by atoms with Gasteiger partial charge < -0.3 is 29.8 Å². The second-order valence-corrected chi connectivity index (χ2v) is 10.1. The van der Waals surface area contributed by atoms with Gasteiger partial charge in [0.15, 0.2) is 0 Å². The number of nitrogens with two attached hydrogens (primary N) is 1. The number of aromatic nitrogens is 2. The fraction of sp³-hybridized carbons (Fsp3) is 0.233. The van der Waals surface area contributed by atoms with Gasteiger partial charge in [-0.05, 0) is 42.3 Å². The Balaban J connectivity index is 1.15. The molecule has 2 aromatic heterocycles. The Morgan fingerprint density at radius 3 is 2.72 bits per heavy atom. The van der Waals surface area contributed by atoms with Crippen molar-refractivity contribution in [3.63, 3.8) is 0 Å². The Bertz CT molecular complexity index is 1840. The minimum absolute atomic E-state index is 0.0626. The Kier molecular flexibility index (Phi) is 7.38. The van der Waals surface area contributed by atoms with Gasteiger partial charge in [-0.25, -0.2) is 14.6 Å². The van der Waals surface area contributed by atoms with Gasteiger partial charge in [-0.1, -0.05) is 35.5 Å². The van der Waals surface area contributed by atoms with E-state index in [1.807, 2.05) is 30.3 Å². The molecule has 1 amide bonds. The lowest BCUT2D eigenvalue weighted by Gasteiger charge is -2.24. The highest BCUT2D eigenvalue weighted by Gasteiger charge is 2.38. The van der Waals surface area contributed by atoms with Crippen LogP contribution < -0.4 is 16.6 Å². The number of para-hydroxylation sites is 1. The molecule has 4 aromatic rings. The number of benzene rings is 2. The monoisotopic (exact) mass is 583 g/mol. The third-order valence-corrected chi connectivity index (χ3v) is 7.32. The molecule has 2 aliphatic heterocycles. The summed E-state index contributed by atoms with van der Waals surface area (Å²) in [5.41, 5.74) is 9.62. The summed E-state index contributed by atoms with van der Waals surface area (Å²) in [7, 11) is 0. The summed E-state index contributed by atoms with van der Waals surface area (Å²) in [6.07, 6.45) is -2.50. The molecule has 2 atom stereocenters. The number of nitrogens with zero attached hydrogens (tertiary/aromatic N) is 3. The Labute approximate surface area is 243 Å². The van der Waals surface area contributed by atoms with E-state index in [1.54, 1.807) is 34.9 Å². The normalized spacial score (nSPS) is 15.5. The number of pyridine rings is 2. The molecule has 2 aliphatic rings. The van der Waals surface area contributed by atoms with Crippen molar-refractivity contribution in [2.75, 3.05) is 11.9 Å². The third-order valence-electron chi connectivity index (χ3n) is 7.32. The van der Waals surface area contributed by atoms with Crippen molar-refractivity contribution in [3.8, 4) is 11.4 Å². The van der Waals surface area contributed by atoms with Crippen LogP contribution in [-0.4, -0.2) is 40.2 Å². The van der Waals surface area contributed by atoms with Crippen LogP contribution in [0.25, 0.3) is 22.3 Å². The van der Waals surface area contributed by atoms with Gasteiger partial charge in [-0.2, -0.15) is 4.91 Å². The molecule has 6 rings (SSSR count). The van der Waals surface area contributed by atoms with Gasteiger partial charge in [0.05, 0.1) is 41.6 Å². The number of hydrogen-bond acceptors (Lipinski definition) is 11. The topological polar surface area (TPSA) is 181 Å². The summed E-state index contributed by atoms with van der Waals surface area (Å²) in [6.45, 7) is -0.172. The maximum Gasteiger partial charge on any atom is 0.509 e. The number of cyclic esters (lactones) is 1. The highest BCUT2D eigenvalue weighted by atomic mass is 16.7. The number of rotatable bonds is 8. The molecule has 43 heavy (non-hydrogen) atoms. The van der Waals surface area contributed by atoms with Crippen LogP contribution in [0.1, 0.15) is 34.8 Å². The predicted octanol–water partition coefficient (Wildman–Crippen LogP) is 3.30. The molecule has 4 heterocycles. The molecule has 0 spiro atoms. The standard InChI is InChI=1S/C30H25N5O8/c31-22(9-10-32-40)27(36)33-19-7-5-16(6-8-19)14-42-30(39)43-26-20-12-24-25-18(11-17-3-1-2-4-23(17)34-25)13-35(24)28(37)21(20)15-41-29(26)38/h1-8,11-12,22,26H,9-10,13-15,31H2,(H,33,36). The van der Waals surface area contributed by atoms with E-state index in [0.717, 1.165) is 16.5 Å². The number of carbonyl (C=O) groups is 3. The van der Waals surface area contributed by atoms with Gasteiger partial charge >= 0.3 is 12.1 Å². The number of fused-ring (bicyclic) bond motifs is 5. The zero-order chi connectivity index (χ0) is 30.1. The predicted molar refractivity (Wildman–Crippen MR) is 153 cm³/mol. The quantitative estimate of drug-likeness (QED) is 0.203. The number of nitroso groups, excluding NO2 is 1. The maximum atomic E-state index is 13.4. The van der Waals surface area contributed by atoms with Crippen molar-refractivity contribution >= 4 is 34.6 Å². The fourth-order valence-corrected chi connectivity index (χ4v) is 5.08. The van der Waals surface area contributed by atoms with Crippen molar-refractivity contribution < 1.29 is 28.6 Å². The summed E-state index contributed by atoms with van der Waals surface area (Å²) < 4.78 is 17.3. The van der Waals surface area contributed by atoms with Crippen LogP contribution >= 0.6 is 0 Å². The highest BCUT2D eigenvalue weighted by molar-refractivity contribution is 5.94. The smallest absolute Gasteiger partial charge is 0.458 e. The molecule has 13 nitrogen and oxygen atoms in total. The molecular formula is C30H25N5O8. The largest absolute Gasteiger partial charge is 0.509 e. The molecule has 3 N–H and O–H groups in total. The average molecular weight is 584 g/mol.